The Morgan fingerprint density at radius 2 is 1.79 bits per heavy atom. The fraction of sp³-hybridized carbons (Fsp3) is 0.130. The van der Waals surface area contributed by atoms with E-state index >= 15 is 0 Å². The highest BCUT2D eigenvalue weighted by atomic mass is 16.2. The van der Waals surface area contributed by atoms with E-state index in [0.717, 1.165) is 22.3 Å². The van der Waals surface area contributed by atoms with Crippen molar-refractivity contribution >= 4 is 22.6 Å². The second kappa shape index (κ2) is 8.48. The summed E-state index contributed by atoms with van der Waals surface area (Å²) in [5.74, 6) is 0.606. The summed E-state index contributed by atoms with van der Waals surface area (Å²) in [6.07, 6.45) is 3.35. The molecule has 4 rings (SSSR count). The van der Waals surface area contributed by atoms with Gasteiger partial charge in [0.25, 0.3) is 5.91 Å². The molecule has 0 radical (unpaired) electrons. The quantitative estimate of drug-likeness (QED) is 0.547. The zero-order valence-electron chi connectivity index (χ0n) is 16.1. The molecule has 0 saturated carbocycles. The summed E-state index contributed by atoms with van der Waals surface area (Å²) in [4.78, 5) is 27.6. The number of nitrogens with one attached hydrogen (secondary N) is 1. The standard InChI is InChI=1S/C23H21N5O/c1-28(16-20-11-9-17-6-2-3-8-21(17)27-20)23(29)18-10-12-22(25-14-18)26-15-19-7-4-5-13-24-19/h2-14H,15-16H2,1H3,(H,25,26). The molecule has 0 saturated heterocycles. The number of hydrogen-bond donors (Lipinski definition) is 1. The maximum absolute atomic E-state index is 12.7. The van der Waals surface area contributed by atoms with Gasteiger partial charge in [-0.05, 0) is 36.4 Å². The minimum Gasteiger partial charge on any atom is -0.364 e. The number of carbonyl (C=O) groups is 1. The van der Waals surface area contributed by atoms with Gasteiger partial charge in [-0.15, -0.1) is 0 Å². The summed E-state index contributed by atoms with van der Waals surface area (Å²) in [5.41, 5.74) is 3.24. The van der Waals surface area contributed by atoms with Crippen LogP contribution in [0, 0.1) is 0 Å². The van der Waals surface area contributed by atoms with Crippen molar-refractivity contribution in [2.24, 2.45) is 0 Å². The maximum Gasteiger partial charge on any atom is 0.255 e. The SMILES string of the molecule is CN(Cc1ccc2ccccc2n1)C(=O)c1ccc(NCc2ccccn2)nc1. The highest BCUT2D eigenvalue weighted by molar-refractivity contribution is 5.93. The van der Waals surface area contributed by atoms with E-state index in [1.54, 1.807) is 36.5 Å². The Balaban J connectivity index is 1.38. The molecule has 0 bridgehead atoms. The third-order valence-corrected chi connectivity index (χ3v) is 4.59. The van der Waals surface area contributed by atoms with Crippen molar-refractivity contribution in [3.8, 4) is 0 Å². The number of nitrogens with zero attached hydrogens (tertiary/aromatic N) is 4. The van der Waals surface area contributed by atoms with Gasteiger partial charge in [-0.1, -0.05) is 30.3 Å². The molecular weight excluding hydrogens is 362 g/mol. The first-order valence-corrected chi connectivity index (χ1v) is 9.39. The van der Waals surface area contributed by atoms with Gasteiger partial charge in [0.15, 0.2) is 0 Å². The molecule has 1 amide bonds. The molecule has 1 aromatic carbocycles. The van der Waals surface area contributed by atoms with Gasteiger partial charge in [-0.25, -0.2) is 4.98 Å². The maximum atomic E-state index is 12.7. The van der Waals surface area contributed by atoms with E-state index in [1.165, 1.54) is 0 Å². The highest BCUT2D eigenvalue weighted by Crippen LogP contribution is 2.14. The van der Waals surface area contributed by atoms with Gasteiger partial charge in [-0.3, -0.25) is 14.8 Å². The van der Waals surface area contributed by atoms with Crippen molar-refractivity contribution in [1.29, 1.82) is 0 Å². The molecule has 0 fully saturated rings. The van der Waals surface area contributed by atoms with Crippen molar-refractivity contribution in [3.05, 3.63) is 96.1 Å². The molecule has 0 unspecified atom stereocenters. The Kier molecular flexibility index (Phi) is 5.42. The zero-order chi connectivity index (χ0) is 20.1. The van der Waals surface area contributed by atoms with Gasteiger partial charge < -0.3 is 10.2 Å². The third kappa shape index (κ3) is 4.55. The number of pyridine rings is 3. The number of rotatable bonds is 6. The average molecular weight is 383 g/mol. The topological polar surface area (TPSA) is 71.0 Å². The van der Waals surface area contributed by atoms with Crippen molar-refractivity contribution < 1.29 is 4.79 Å². The van der Waals surface area contributed by atoms with E-state index in [9.17, 15) is 4.79 Å². The highest BCUT2D eigenvalue weighted by Gasteiger charge is 2.13. The fourth-order valence-corrected chi connectivity index (χ4v) is 3.04. The van der Waals surface area contributed by atoms with Gasteiger partial charge in [0.05, 0.1) is 35.6 Å². The number of fused-ring (bicyclic) bond motifs is 1. The molecule has 0 aliphatic rings. The molecule has 29 heavy (non-hydrogen) atoms. The van der Waals surface area contributed by atoms with Crippen LogP contribution in [0.4, 0.5) is 5.82 Å². The van der Waals surface area contributed by atoms with Crippen molar-refractivity contribution in [3.63, 3.8) is 0 Å². The average Bonchev–Trinajstić information content (AvgIpc) is 2.78. The normalized spacial score (nSPS) is 10.7. The first kappa shape index (κ1) is 18.6. The predicted molar refractivity (Wildman–Crippen MR) is 113 cm³/mol. The Hall–Kier alpha value is -3.80. The molecule has 3 aromatic heterocycles. The summed E-state index contributed by atoms with van der Waals surface area (Å²) in [5, 5.41) is 4.29. The van der Waals surface area contributed by atoms with Crippen molar-refractivity contribution in [1.82, 2.24) is 19.9 Å². The van der Waals surface area contributed by atoms with Gasteiger partial charge in [-0.2, -0.15) is 0 Å². The predicted octanol–water partition coefficient (Wildman–Crippen LogP) is 3.91. The van der Waals surface area contributed by atoms with Crippen LogP contribution in [-0.2, 0) is 13.1 Å². The van der Waals surface area contributed by atoms with Crippen LogP contribution in [0.1, 0.15) is 21.7 Å². The Bertz CT molecular complexity index is 1110. The van der Waals surface area contributed by atoms with Crippen LogP contribution < -0.4 is 5.32 Å². The summed E-state index contributed by atoms with van der Waals surface area (Å²) in [7, 11) is 1.77. The lowest BCUT2D eigenvalue weighted by atomic mass is 10.2. The molecule has 3 heterocycles. The lowest BCUT2D eigenvalue weighted by molar-refractivity contribution is 0.0783. The Labute approximate surface area is 169 Å². The first-order valence-electron chi connectivity index (χ1n) is 9.39. The first-order chi connectivity index (χ1) is 14.2. The minimum atomic E-state index is -0.0938. The van der Waals surface area contributed by atoms with Crippen LogP contribution in [0.25, 0.3) is 10.9 Å². The second-order valence-electron chi connectivity index (χ2n) is 6.76. The molecule has 0 atom stereocenters. The Morgan fingerprint density at radius 3 is 2.59 bits per heavy atom. The number of carbonyl (C=O) groups excluding carboxylic acids is 1. The lowest BCUT2D eigenvalue weighted by Crippen LogP contribution is -2.26. The summed E-state index contributed by atoms with van der Waals surface area (Å²) in [6.45, 7) is 1.01. The van der Waals surface area contributed by atoms with Crippen LogP contribution in [-0.4, -0.2) is 32.8 Å². The third-order valence-electron chi connectivity index (χ3n) is 4.59. The summed E-state index contributed by atoms with van der Waals surface area (Å²) in [6, 6.07) is 21.3. The molecular formula is C23H21N5O. The van der Waals surface area contributed by atoms with Crippen molar-refractivity contribution in [2.45, 2.75) is 13.1 Å². The smallest absolute Gasteiger partial charge is 0.255 e. The van der Waals surface area contributed by atoms with Crippen LogP contribution >= 0.6 is 0 Å². The van der Waals surface area contributed by atoms with E-state index in [0.29, 0.717) is 24.5 Å². The number of benzene rings is 1. The molecule has 144 valence electrons. The molecule has 1 N–H and O–H groups in total. The van der Waals surface area contributed by atoms with E-state index < -0.39 is 0 Å². The van der Waals surface area contributed by atoms with Crippen molar-refractivity contribution in [2.75, 3.05) is 12.4 Å². The fourth-order valence-electron chi connectivity index (χ4n) is 3.04. The number of amides is 1. The second-order valence-corrected chi connectivity index (χ2v) is 6.76. The van der Waals surface area contributed by atoms with Gasteiger partial charge in [0, 0.05) is 24.8 Å². The van der Waals surface area contributed by atoms with Crippen LogP contribution in [0.5, 0.6) is 0 Å². The summed E-state index contributed by atoms with van der Waals surface area (Å²) >= 11 is 0. The molecule has 0 spiro atoms. The van der Waals surface area contributed by atoms with Crippen LogP contribution in [0.15, 0.2) is 79.1 Å². The van der Waals surface area contributed by atoms with E-state index in [1.807, 2.05) is 54.6 Å². The van der Waals surface area contributed by atoms with Crippen LogP contribution in [0.3, 0.4) is 0 Å². The minimum absolute atomic E-state index is 0.0938. The molecule has 6 nitrogen and oxygen atoms in total. The van der Waals surface area contributed by atoms with E-state index in [4.69, 9.17) is 0 Å². The lowest BCUT2D eigenvalue weighted by Gasteiger charge is -2.17. The Morgan fingerprint density at radius 1 is 0.931 bits per heavy atom. The van der Waals surface area contributed by atoms with Gasteiger partial charge in [0.2, 0.25) is 0 Å². The molecule has 0 aliphatic carbocycles. The van der Waals surface area contributed by atoms with E-state index in [-0.39, 0.29) is 5.91 Å². The van der Waals surface area contributed by atoms with Gasteiger partial charge in [0.1, 0.15) is 5.82 Å². The molecule has 4 aromatic rings. The largest absolute Gasteiger partial charge is 0.364 e. The molecule has 0 aliphatic heterocycles. The van der Waals surface area contributed by atoms with Gasteiger partial charge >= 0.3 is 0 Å². The van der Waals surface area contributed by atoms with Crippen LogP contribution in [0.2, 0.25) is 0 Å². The number of hydrogen-bond acceptors (Lipinski definition) is 5. The number of para-hydroxylation sites is 1. The number of anilines is 1. The monoisotopic (exact) mass is 383 g/mol. The van der Waals surface area contributed by atoms with E-state index in [2.05, 4.69) is 20.3 Å². The number of aromatic nitrogens is 3. The zero-order valence-corrected chi connectivity index (χ0v) is 16.1. The summed E-state index contributed by atoms with van der Waals surface area (Å²) < 4.78 is 0. The molecule has 6 heteroatoms.